The van der Waals surface area contributed by atoms with Crippen LogP contribution < -0.4 is 0 Å². The molecule has 68 heavy (non-hydrogen) atoms. The Morgan fingerprint density at radius 3 is 0.794 bits per heavy atom. The molecule has 326 valence electrons. The number of hydrogen-bond donors (Lipinski definition) is 0. The van der Waals surface area contributed by atoms with Crippen LogP contribution in [0.15, 0.2) is 218 Å². The maximum atomic E-state index is 2.47. The van der Waals surface area contributed by atoms with E-state index in [1.54, 1.807) is 0 Å². The van der Waals surface area contributed by atoms with E-state index < -0.39 is 0 Å². The van der Waals surface area contributed by atoms with Gasteiger partial charge in [0.1, 0.15) is 0 Å². The molecule has 0 saturated heterocycles. The van der Waals surface area contributed by atoms with Crippen LogP contribution in [0.25, 0.3) is 120 Å². The van der Waals surface area contributed by atoms with E-state index in [9.17, 15) is 0 Å². The summed E-state index contributed by atoms with van der Waals surface area (Å²) in [6, 6.07) is 82.4. The zero-order valence-corrected chi connectivity index (χ0v) is 39.8. The van der Waals surface area contributed by atoms with E-state index in [1.807, 2.05) is 0 Å². The first kappa shape index (κ1) is 41.6. The smallest absolute Gasteiger partial charge is 0.00923 e. The van der Waals surface area contributed by atoms with Gasteiger partial charge in [-0.2, -0.15) is 0 Å². The van der Waals surface area contributed by atoms with Crippen LogP contribution in [0.1, 0.15) is 52.7 Å². The fraction of sp³-hybridized carbons (Fsp3) is 0.118. The summed E-state index contributed by atoms with van der Waals surface area (Å²) in [6.45, 7) is 13.7. The Morgan fingerprint density at radius 2 is 0.456 bits per heavy atom. The number of fused-ring (bicyclic) bond motifs is 10. The second-order valence-electron chi connectivity index (χ2n) is 20.9. The molecule has 0 aliphatic carbocycles. The lowest BCUT2D eigenvalue weighted by atomic mass is 9.83. The summed E-state index contributed by atoms with van der Waals surface area (Å²) < 4.78 is 0. The lowest BCUT2D eigenvalue weighted by Gasteiger charge is -2.21. The van der Waals surface area contributed by atoms with Crippen LogP contribution in [0.3, 0.4) is 0 Å². The van der Waals surface area contributed by atoms with Crippen molar-refractivity contribution in [3.8, 4) is 55.6 Å². The molecule has 0 fully saturated rings. The molecule has 0 aromatic heterocycles. The van der Waals surface area contributed by atoms with Crippen molar-refractivity contribution < 1.29 is 0 Å². The molecular formula is C68H54. The fourth-order valence-electron chi connectivity index (χ4n) is 10.8. The Labute approximate surface area is 400 Å². The van der Waals surface area contributed by atoms with Gasteiger partial charge in [0.2, 0.25) is 0 Å². The van der Waals surface area contributed by atoms with E-state index >= 15 is 0 Å². The van der Waals surface area contributed by atoms with Gasteiger partial charge in [-0.1, -0.05) is 224 Å². The number of benzene rings is 12. The van der Waals surface area contributed by atoms with Crippen LogP contribution in [-0.2, 0) is 10.8 Å². The fourth-order valence-corrected chi connectivity index (χ4v) is 10.8. The number of hydrogen-bond acceptors (Lipinski definition) is 0. The monoisotopic (exact) mass is 870 g/mol. The maximum absolute atomic E-state index is 2.47. The maximum Gasteiger partial charge on any atom is -0.00923 e. The first-order valence-corrected chi connectivity index (χ1v) is 24.2. The van der Waals surface area contributed by atoms with Gasteiger partial charge in [0.05, 0.1) is 0 Å². The van der Waals surface area contributed by atoms with Crippen LogP contribution >= 0.6 is 0 Å². The summed E-state index contributed by atoms with van der Waals surface area (Å²) in [5.74, 6) is 0. The SMILES string of the molecule is CC(C)(C)c1ccc(-c2cc3c4ccc(-c5ccc6c(c5)c(-c5ccccc5)cc5c7ccccc7c(-c7ccccc7)cc65)cc4c(-c4ccc(C(C)(C)C)cc4)cc3c3ccccc23)cc1. The third kappa shape index (κ3) is 7.06. The zero-order chi connectivity index (χ0) is 46.3. The molecule has 0 heterocycles. The first-order valence-electron chi connectivity index (χ1n) is 24.2. The van der Waals surface area contributed by atoms with Crippen LogP contribution in [0, 0.1) is 0 Å². The van der Waals surface area contributed by atoms with Crippen molar-refractivity contribution in [1.82, 2.24) is 0 Å². The molecule has 0 saturated carbocycles. The molecule has 0 bridgehead atoms. The van der Waals surface area contributed by atoms with Gasteiger partial charge in [0.15, 0.2) is 0 Å². The highest BCUT2D eigenvalue weighted by molar-refractivity contribution is 6.26. The largest absolute Gasteiger partial charge is 0.0622 e. The minimum atomic E-state index is 0.0606. The molecule has 0 N–H and O–H groups in total. The molecule has 0 amide bonds. The minimum absolute atomic E-state index is 0.0606. The van der Waals surface area contributed by atoms with Gasteiger partial charge in [0.25, 0.3) is 0 Å². The Kier molecular flexibility index (Phi) is 9.75. The van der Waals surface area contributed by atoms with Crippen molar-refractivity contribution in [3.05, 3.63) is 230 Å². The molecule has 0 aliphatic rings. The van der Waals surface area contributed by atoms with E-state index in [4.69, 9.17) is 0 Å². The van der Waals surface area contributed by atoms with Gasteiger partial charge in [-0.15, -0.1) is 0 Å². The first-order chi connectivity index (χ1) is 33.0. The summed E-state index contributed by atoms with van der Waals surface area (Å²) in [5.41, 5.74) is 15.2. The highest BCUT2D eigenvalue weighted by atomic mass is 14.2. The molecule has 12 aromatic carbocycles. The third-order valence-corrected chi connectivity index (χ3v) is 14.6. The van der Waals surface area contributed by atoms with Crippen molar-refractivity contribution in [3.63, 3.8) is 0 Å². The average molecular weight is 871 g/mol. The Morgan fingerprint density at radius 1 is 0.191 bits per heavy atom. The van der Waals surface area contributed by atoms with Gasteiger partial charge in [-0.05, 0) is 179 Å². The summed E-state index contributed by atoms with van der Waals surface area (Å²) in [7, 11) is 0. The minimum Gasteiger partial charge on any atom is -0.0622 e. The van der Waals surface area contributed by atoms with E-state index in [0.29, 0.717) is 0 Å². The molecular weight excluding hydrogens is 817 g/mol. The van der Waals surface area contributed by atoms with Crippen molar-refractivity contribution in [1.29, 1.82) is 0 Å². The molecule has 0 spiro atoms. The molecule has 12 aromatic rings. The Balaban J connectivity index is 1.11. The zero-order valence-electron chi connectivity index (χ0n) is 39.8. The van der Waals surface area contributed by atoms with Gasteiger partial charge < -0.3 is 0 Å². The molecule has 0 aliphatic heterocycles. The van der Waals surface area contributed by atoms with Crippen LogP contribution in [0.5, 0.6) is 0 Å². The standard InChI is InChI=1S/C68H54/c1-67(2,3)49-31-25-45(26-32-49)58-40-66-56-36-30-48(38-62(56)60(42-64(66)54-24-16-14-22-52(54)58)46-27-33-50(34-28-46)68(4,5)6)47-29-35-55-61(37-47)59(44-19-11-8-12-20-44)41-63-53-23-15-13-21-51(53)57(39-65(55)63)43-17-9-7-10-18-43/h7-42H,1-6H3. The van der Waals surface area contributed by atoms with Crippen molar-refractivity contribution >= 4 is 64.6 Å². The van der Waals surface area contributed by atoms with Gasteiger partial charge >= 0.3 is 0 Å². The van der Waals surface area contributed by atoms with E-state index in [0.717, 1.165) is 0 Å². The Bertz CT molecular complexity index is 3920. The highest BCUT2D eigenvalue weighted by Gasteiger charge is 2.20. The van der Waals surface area contributed by atoms with E-state index in [-0.39, 0.29) is 10.8 Å². The topological polar surface area (TPSA) is 0 Å². The molecule has 0 nitrogen and oxygen atoms in total. The Hall–Kier alpha value is -7.80. The lowest BCUT2D eigenvalue weighted by molar-refractivity contribution is 0.590. The number of rotatable bonds is 5. The molecule has 0 unspecified atom stereocenters. The van der Waals surface area contributed by atoms with Crippen LogP contribution in [0.4, 0.5) is 0 Å². The van der Waals surface area contributed by atoms with Gasteiger partial charge in [0, 0.05) is 0 Å². The molecule has 0 heteroatoms. The van der Waals surface area contributed by atoms with Gasteiger partial charge in [-0.3, -0.25) is 0 Å². The van der Waals surface area contributed by atoms with Crippen LogP contribution in [0.2, 0.25) is 0 Å². The molecule has 0 radical (unpaired) electrons. The second-order valence-corrected chi connectivity index (χ2v) is 20.9. The molecule has 12 rings (SSSR count). The average Bonchev–Trinajstić information content (AvgIpc) is 3.37. The molecule has 0 atom stereocenters. The summed E-state index contributed by atoms with van der Waals surface area (Å²) in [6.07, 6.45) is 0. The normalized spacial score (nSPS) is 12.3. The van der Waals surface area contributed by atoms with Crippen molar-refractivity contribution in [2.75, 3.05) is 0 Å². The summed E-state index contributed by atoms with van der Waals surface area (Å²) in [4.78, 5) is 0. The van der Waals surface area contributed by atoms with Crippen molar-refractivity contribution in [2.45, 2.75) is 52.4 Å². The second kappa shape index (κ2) is 15.9. The summed E-state index contributed by atoms with van der Waals surface area (Å²) >= 11 is 0. The van der Waals surface area contributed by atoms with E-state index in [1.165, 1.54) is 131 Å². The predicted molar refractivity (Wildman–Crippen MR) is 296 cm³/mol. The van der Waals surface area contributed by atoms with Crippen LogP contribution in [-0.4, -0.2) is 0 Å². The third-order valence-electron chi connectivity index (χ3n) is 14.6. The highest BCUT2D eigenvalue weighted by Crippen LogP contribution is 2.46. The van der Waals surface area contributed by atoms with Gasteiger partial charge in [-0.25, -0.2) is 0 Å². The van der Waals surface area contributed by atoms with Crippen molar-refractivity contribution in [2.24, 2.45) is 0 Å². The summed E-state index contributed by atoms with van der Waals surface area (Å²) in [5, 5.41) is 15.2. The predicted octanol–water partition coefficient (Wildman–Crippen LogP) is 19.5. The van der Waals surface area contributed by atoms with E-state index in [2.05, 4.69) is 260 Å². The quantitative estimate of drug-likeness (QED) is 0.151. The lowest BCUT2D eigenvalue weighted by Crippen LogP contribution is -2.10.